The lowest BCUT2D eigenvalue weighted by Gasteiger charge is -2.38. The first kappa shape index (κ1) is 15.9. The van der Waals surface area contributed by atoms with Gasteiger partial charge in [-0.05, 0) is 25.0 Å². The van der Waals surface area contributed by atoms with E-state index in [0.717, 1.165) is 5.75 Å². The van der Waals surface area contributed by atoms with Crippen LogP contribution in [0.3, 0.4) is 0 Å². The van der Waals surface area contributed by atoms with Crippen LogP contribution < -0.4 is 5.32 Å². The molecule has 4 nitrogen and oxygen atoms in total. The highest BCUT2D eigenvalue weighted by Crippen LogP contribution is 2.20. The number of hydrogen-bond donors (Lipinski definition) is 1. The zero-order valence-electron chi connectivity index (χ0n) is 12.7. The third-order valence-electron chi connectivity index (χ3n) is 3.70. The number of nitrogens with one attached hydrogen (secondary N) is 1. The Bertz CT molecular complexity index is 504. The summed E-state index contributed by atoms with van der Waals surface area (Å²) < 4.78 is 0. The number of nitrogens with zero attached hydrogens (tertiary/aromatic N) is 1. The molecule has 2 atom stereocenters. The minimum Gasteiger partial charge on any atom is -0.342 e. The molecule has 0 bridgehead atoms. The van der Waals surface area contributed by atoms with Crippen LogP contribution in [0.1, 0.15) is 20.8 Å². The summed E-state index contributed by atoms with van der Waals surface area (Å²) in [5.74, 6) is 0.875. The first-order valence-corrected chi connectivity index (χ1v) is 8.28. The minimum atomic E-state index is -0.393. The second-order valence-electron chi connectivity index (χ2n) is 5.60. The number of thioether (sulfide) groups is 1. The molecule has 1 N–H and O–H groups in total. The van der Waals surface area contributed by atoms with Gasteiger partial charge in [-0.15, -0.1) is 11.8 Å². The predicted molar refractivity (Wildman–Crippen MR) is 85.1 cm³/mol. The molecule has 0 aliphatic carbocycles. The van der Waals surface area contributed by atoms with Gasteiger partial charge >= 0.3 is 0 Å². The molecule has 1 saturated heterocycles. The molecule has 0 radical (unpaired) electrons. The Kier molecular flexibility index (Phi) is 5.28. The summed E-state index contributed by atoms with van der Waals surface area (Å²) in [4.78, 5) is 27.3. The number of carbonyl (C=O) groups excluding carboxylic acids is 2. The largest absolute Gasteiger partial charge is 0.342 e. The van der Waals surface area contributed by atoms with Gasteiger partial charge in [-0.3, -0.25) is 9.59 Å². The van der Waals surface area contributed by atoms with Crippen molar-refractivity contribution in [2.75, 3.05) is 12.3 Å². The average molecular weight is 306 g/mol. The highest BCUT2D eigenvalue weighted by Gasteiger charge is 2.38. The van der Waals surface area contributed by atoms with Crippen molar-refractivity contribution in [3.63, 3.8) is 0 Å². The van der Waals surface area contributed by atoms with Crippen molar-refractivity contribution in [1.29, 1.82) is 0 Å². The van der Waals surface area contributed by atoms with Crippen molar-refractivity contribution >= 4 is 23.6 Å². The van der Waals surface area contributed by atoms with E-state index in [4.69, 9.17) is 0 Å². The minimum absolute atomic E-state index is 0.0331. The Hall–Kier alpha value is -1.49. The first-order valence-electron chi connectivity index (χ1n) is 7.29. The summed E-state index contributed by atoms with van der Waals surface area (Å²) in [6.45, 7) is 6.29. The van der Waals surface area contributed by atoms with E-state index in [1.165, 1.54) is 4.90 Å². The third kappa shape index (κ3) is 3.79. The van der Waals surface area contributed by atoms with Gasteiger partial charge in [-0.1, -0.05) is 32.0 Å². The molecule has 0 aromatic heterocycles. The summed E-state index contributed by atoms with van der Waals surface area (Å²) in [7, 11) is 0. The van der Waals surface area contributed by atoms with Crippen LogP contribution in [0.15, 0.2) is 35.2 Å². The third-order valence-corrected chi connectivity index (χ3v) is 4.70. The van der Waals surface area contributed by atoms with Crippen LogP contribution in [0.2, 0.25) is 0 Å². The van der Waals surface area contributed by atoms with Crippen LogP contribution in [0.25, 0.3) is 0 Å². The van der Waals surface area contributed by atoms with E-state index in [1.807, 2.05) is 32.0 Å². The molecule has 0 spiro atoms. The van der Waals surface area contributed by atoms with Crippen molar-refractivity contribution in [2.45, 2.75) is 37.8 Å². The van der Waals surface area contributed by atoms with Crippen LogP contribution in [-0.2, 0) is 9.59 Å². The number of amides is 2. The fraction of sp³-hybridized carbons (Fsp3) is 0.500. The fourth-order valence-electron chi connectivity index (χ4n) is 2.38. The van der Waals surface area contributed by atoms with Crippen molar-refractivity contribution in [1.82, 2.24) is 10.2 Å². The molecule has 21 heavy (non-hydrogen) atoms. The van der Waals surface area contributed by atoms with Crippen molar-refractivity contribution in [3.05, 3.63) is 30.3 Å². The summed E-state index contributed by atoms with van der Waals surface area (Å²) in [6, 6.07) is 9.31. The molecule has 5 heteroatoms. The van der Waals surface area contributed by atoms with Crippen molar-refractivity contribution in [3.8, 4) is 0 Å². The normalized spacial score (nSPS) is 22.6. The Labute approximate surface area is 130 Å². The standard InChI is InChI=1S/C16H22N2O2S/c1-11(2)14-16(20)18(12(3)15(19)17-14)9-10-21-13-7-5-4-6-8-13/h4-8,11-12,14H,9-10H2,1-3H3,(H,17,19). The Morgan fingerprint density at radius 3 is 2.52 bits per heavy atom. The topological polar surface area (TPSA) is 49.4 Å². The summed E-state index contributed by atoms with van der Waals surface area (Å²) in [6.07, 6.45) is 0. The van der Waals surface area contributed by atoms with Gasteiger partial charge in [0.15, 0.2) is 0 Å². The van der Waals surface area contributed by atoms with Gasteiger partial charge in [-0.25, -0.2) is 0 Å². The van der Waals surface area contributed by atoms with Gasteiger partial charge in [-0.2, -0.15) is 0 Å². The highest BCUT2D eigenvalue weighted by molar-refractivity contribution is 7.99. The molecular formula is C16H22N2O2S. The predicted octanol–water partition coefficient (Wildman–Crippen LogP) is 2.15. The van der Waals surface area contributed by atoms with Gasteiger partial charge in [0, 0.05) is 17.2 Å². The molecular weight excluding hydrogens is 284 g/mol. The Morgan fingerprint density at radius 1 is 1.24 bits per heavy atom. The second-order valence-corrected chi connectivity index (χ2v) is 6.77. The molecule has 114 valence electrons. The Morgan fingerprint density at radius 2 is 1.90 bits per heavy atom. The van der Waals surface area contributed by atoms with Crippen LogP contribution >= 0.6 is 11.8 Å². The Balaban J connectivity index is 1.96. The molecule has 1 aliphatic rings. The quantitative estimate of drug-likeness (QED) is 0.848. The zero-order chi connectivity index (χ0) is 15.4. The van der Waals surface area contributed by atoms with Crippen LogP contribution in [0.5, 0.6) is 0 Å². The van der Waals surface area contributed by atoms with Gasteiger partial charge in [0.2, 0.25) is 11.8 Å². The fourth-order valence-corrected chi connectivity index (χ4v) is 3.25. The van der Waals surface area contributed by atoms with E-state index in [2.05, 4.69) is 17.4 Å². The van der Waals surface area contributed by atoms with E-state index >= 15 is 0 Å². The maximum absolute atomic E-state index is 12.5. The number of rotatable bonds is 5. The van der Waals surface area contributed by atoms with E-state index in [1.54, 1.807) is 23.6 Å². The molecule has 0 saturated carbocycles. The van der Waals surface area contributed by atoms with Gasteiger partial charge in [0.1, 0.15) is 12.1 Å². The molecule has 2 unspecified atom stereocenters. The molecule has 1 aliphatic heterocycles. The van der Waals surface area contributed by atoms with Gasteiger partial charge < -0.3 is 10.2 Å². The average Bonchev–Trinajstić information content (AvgIpc) is 2.47. The lowest BCUT2D eigenvalue weighted by molar-refractivity contribution is -0.149. The van der Waals surface area contributed by atoms with Gasteiger partial charge in [0.05, 0.1) is 0 Å². The number of carbonyl (C=O) groups is 2. The first-order chi connectivity index (χ1) is 10.0. The molecule has 1 fully saturated rings. The summed E-state index contributed by atoms with van der Waals surface area (Å²) in [5, 5.41) is 2.82. The molecule has 2 rings (SSSR count). The second kappa shape index (κ2) is 6.98. The van der Waals surface area contributed by atoms with E-state index < -0.39 is 6.04 Å². The molecule has 1 heterocycles. The van der Waals surface area contributed by atoms with E-state index in [-0.39, 0.29) is 23.8 Å². The molecule has 1 aromatic rings. The maximum atomic E-state index is 12.5. The van der Waals surface area contributed by atoms with Gasteiger partial charge in [0.25, 0.3) is 0 Å². The highest BCUT2D eigenvalue weighted by atomic mass is 32.2. The van der Waals surface area contributed by atoms with Crippen LogP contribution in [-0.4, -0.2) is 41.1 Å². The summed E-state index contributed by atoms with van der Waals surface area (Å²) in [5.41, 5.74) is 0. The smallest absolute Gasteiger partial charge is 0.246 e. The summed E-state index contributed by atoms with van der Waals surface area (Å²) >= 11 is 1.70. The lowest BCUT2D eigenvalue weighted by atomic mass is 9.98. The lowest BCUT2D eigenvalue weighted by Crippen LogP contribution is -2.64. The number of hydrogen-bond acceptors (Lipinski definition) is 3. The van der Waals surface area contributed by atoms with Crippen LogP contribution in [0.4, 0.5) is 0 Å². The molecule has 1 aromatic carbocycles. The zero-order valence-corrected chi connectivity index (χ0v) is 13.5. The molecule has 2 amide bonds. The number of benzene rings is 1. The monoisotopic (exact) mass is 306 g/mol. The van der Waals surface area contributed by atoms with Crippen molar-refractivity contribution in [2.24, 2.45) is 5.92 Å². The van der Waals surface area contributed by atoms with E-state index in [0.29, 0.717) is 6.54 Å². The SMILES string of the molecule is CC(C)C1NC(=O)C(C)N(CCSc2ccccc2)C1=O. The van der Waals surface area contributed by atoms with E-state index in [9.17, 15) is 9.59 Å². The number of piperazine rings is 1. The van der Waals surface area contributed by atoms with Crippen molar-refractivity contribution < 1.29 is 9.59 Å². The maximum Gasteiger partial charge on any atom is 0.246 e. The van der Waals surface area contributed by atoms with Crippen LogP contribution in [0, 0.1) is 5.92 Å².